The number of fused-ring (bicyclic) bond motifs is 2. The van der Waals surface area contributed by atoms with Crippen LogP contribution >= 0.6 is 0 Å². The van der Waals surface area contributed by atoms with Gasteiger partial charge in [-0.1, -0.05) is 18.2 Å². The Morgan fingerprint density at radius 1 is 1.03 bits per heavy atom. The molecule has 3 aromatic rings. The average molecular weight is 442 g/mol. The van der Waals surface area contributed by atoms with Crippen LogP contribution in [-0.4, -0.2) is 54.4 Å². The lowest BCUT2D eigenvalue weighted by Gasteiger charge is -2.34. The maximum absolute atomic E-state index is 13.6. The molecule has 5 rings (SSSR count). The highest BCUT2D eigenvalue weighted by Crippen LogP contribution is 2.40. The molecule has 1 fully saturated rings. The number of ether oxygens (including phenoxy) is 2. The Bertz CT molecular complexity index is 1210. The Hall–Kier alpha value is -2.84. The molecule has 1 saturated heterocycles. The molecule has 8 heteroatoms. The summed E-state index contributed by atoms with van der Waals surface area (Å²) in [5.41, 5.74) is 1.57. The summed E-state index contributed by atoms with van der Waals surface area (Å²) in [5.74, 6) is 1.33. The number of quaternary nitrogens is 1. The van der Waals surface area contributed by atoms with Crippen molar-refractivity contribution < 1.29 is 27.8 Å². The molecule has 162 valence electrons. The van der Waals surface area contributed by atoms with Crippen LogP contribution in [0.15, 0.2) is 58.5 Å². The number of pyridine rings is 1. The number of likely N-dealkylation sites (N-methyl/N-ethyl adjacent to an activating group) is 1. The number of aromatic nitrogens is 1. The van der Waals surface area contributed by atoms with Crippen LogP contribution < -0.4 is 24.3 Å². The fourth-order valence-electron chi connectivity index (χ4n) is 4.41. The highest BCUT2D eigenvalue weighted by Gasteiger charge is 2.32. The molecule has 0 spiro atoms. The topological polar surface area (TPSA) is 74.4 Å². The molecule has 0 radical (unpaired) electrons. The number of sulfone groups is 1. The second kappa shape index (κ2) is 8.01. The summed E-state index contributed by atoms with van der Waals surface area (Å²) in [6.07, 6.45) is 1.62. The molecule has 0 unspecified atom stereocenters. The SMILES string of the molecule is CC[NH+]1CCN(c2c(S(=O)(=O)c3ccccc3)c[nH+]c3cc4c(cc23)OCCO4)CC1. The summed E-state index contributed by atoms with van der Waals surface area (Å²) in [4.78, 5) is 7.53. The van der Waals surface area contributed by atoms with Crippen molar-refractivity contribution in [2.75, 3.05) is 50.8 Å². The molecule has 0 aliphatic carbocycles. The van der Waals surface area contributed by atoms with Crippen LogP contribution in [0.25, 0.3) is 10.9 Å². The fourth-order valence-corrected chi connectivity index (χ4v) is 5.88. The van der Waals surface area contributed by atoms with Crippen LogP contribution in [0.1, 0.15) is 6.92 Å². The zero-order valence-electron chi connectivity index (χ0n) is 17.6. The van der Waals surface area contributed by atoms with Gasteiger partial charge in [0.2, 0.25) is 15.4 Å². The number of nitrogens with one attached hydrogen (secondary N) is 2. The van der Waals surface area contributed by atoms with Crippen LogP contribution in [-0.2, 0) is 9.84 Å². The number of hydrogen-bond donors (Lipinski definition) is 1. The van der Waals surface area contributed by atoms with Crippen molar-refractivity contribution in [3.05, 3.63) is 48.7 Å². The third-order valence-corrected chi connectivity index (χ3v) is 7.94. The van der Waals surface area contributed by atoms with Crippen molar-refractivity contribution in [1.29, 1.82) is 0 Å². The number of aromatic amines is 1. The first-order chi connectivity index (χ1) is 15.1. The first kappa shape index (κ1) is 20.1. The van der Waals surface area contributed by atoms with Gasteiger partial charge in [-0.2, -0.15) is 0 Å². The standard InChI is InChI=1S/C23H25N3O4S/c1-2-25-8-10-26(11-9-25)23-18-14-20-21(30-13-12-29-20)15-19(18)24-16-22(23)31(27,28)17-6-4-3-5-7-17/h3-7,14-16H,2,8-13H2,1H3/p+2. The molecule has 31 heavy (non-hydrogen) atoms. The van der Waals surface area contributed by atoms with Gasteiger partial charge in [-0.05, 0) is 19.1 Å². The van der Waals surface area contributed by atoms with E-state index in [2.05, 4.69) is 16.8 Å². The summed E-state index contributed by atoms with van der Waals surface area (Å²) in [7, 11) is -3.70. The normalized spacial score (nSPS) is 17.1. The smallest absolute Gasteiger partial charge is 0.217 e. The third-order valence-electron chi connectivity index (χ3n) is 6.16. The maximum Gasteiger partial charge on any atom is 0.217 e. The van der Waals surface area contributed by atoms with E-state index in [1.807, 2.05) is 18.2 Å². The molecule has 2 aromatic carbocycles. The Balaban J connectivity index is 1.71. The van der Waals surface area contributed by atoms with E-state index < -0.39 is 9.84 Å². The van der Waals surface area contributed by atoms with Crippen molar-refractivity contribution in [2.24, 2.45) is 0 Å². The minimum Gasteiger partial charge on any atom is -0.486 e. The molecule has 2 aliphatic rings. The second-order valence-corrected chi connectivity index (χ2v) is 9.87. The van der Waals surface area contributed by atoms with Gasteiger partial charge in [0.15, 0.2) is 22.6 Å². The molecule has 2 N–H and O–H groups in total. The maximum atomic E-state index is 13.6. The number of benzene rings is 2. The predicted molar refractivity (Wildman–Crippen MR) is 117 cm³/mol. The van der Waals surface area contributed by atoms with Gasteiger partial charge in [0.05, 0.1) is 54.8 Å². The van der Waals surface area contributed by atoms with Gasteiger partial charge in [-0.25, -0.2) is 13.4 Å². The highest BCUT2D eigenvalue weighted by atomic mass is 32.2. The first-order valence-electron chi connectivity index (χ1n) is 10.7. The van der Waals surface area contributed by atoms with Gasteiger partial charge in [-0.15, -0.1) is 0 Å². The highest BCUT2D eigenvalue weighted by molar-refractivity contribution is 7.91. The second-order valence-electron chi connectivity index (χ2n) is 7.95. The molecule has 3 heterocycles. The molecule has 7 nitrogen and oxygen atoms in total. The average Bonchev–Trinajstić information content (AvgIpc) is 2.82. The van der Waals surface area contributed by atoms with Gasteiger partial charge in [0.1, 0.15) is 13.2 Å². The molecular weight excluding hydrogens is 414 g/mol. The van der Waals surface area contributed by atoms with Crippen molar-refractivity contribution in [2.45, 2.75) is 16.7 Å². The molecule has 1 aromatic heterocycles. The summed E-state index contributed by atoms with van der Waals surface area (Å²) in [5, 5.41) is 0.834. The van der Waals surface area contributed by atoms with Gasteiger partial charge < -0.3 is 19.3 Å². The lowest BCUT2D eigenvalue weighted by molar-refractivity contribution is -0.898. The molecule has 0 atom stereocenters. The number of rotatable bonds is 4. The van der Waals surface area contributed by atoms with Crippen LogP contribution in [0, 0.1) is 0 Å². The minimum absolute atomic E-state index is 0.291. The van der Waals surface area contributed by atoms with E-state index in [0.717, 1.165) is 49.3 Å². The monoisotopic (exact) mass is 441 g/mol. The van der Waals surface area contributed by atoms with E-state index in [-0.39, 0.29) is 0 Å². The Kier molecular flexibility index (Phi) is 5.19. The summed E-state index contributed by atoms with van der Waals surface area (Å²) >= 11 is 0. The predicted octanol–water partition coefficient (Wildman–Crippen LogP) is 0.983. The quantitative estimate of drug-likeness (QED) is 0.654. The number of piperazine rings is 1. The Morgan fingerprint density at radius 2 is 1.71 bits per heavy atom. The van der Waals surface area contributed by atoms with E-state index in [4.69, 9.17) is 9.47 Å². The minimum atomic E-state index is -3.70. The number of hydrogen-bond acceptors (Lipinski definition) is 5. The van der Waals surface area contributed by atoms with E-state index in [1.54, 1.807) is 30.5 Å². The lowest BCUT2D eigenvalue weighted by atomic mass is 10.1. The first-order valence-corrected chi connectivity index (χ1v) is 12.2. The largest absolute Gasteiger partial charge is 0.486 e. The number of anilines is 1. The molecular formula is C23H27N3O4S+2. The molecule has 0 amide bonds. The van der Waals surface area contributed by atoms with E-state index in [1.165, 1.54) is 4.90 Å². The fraction of sp³-hybridized carbons (Fsp3) is 0.348. The van der Waals surface area contributed by atoms with E-state index in [9.17, 15) is 8.42 Å². The van der Waals surface area contributed by atoms with E-state index >= 15 is 0 Å². The third kappa shape index (κ3) is 3.59. The molecule has 0 saturated carbocycles. The van der Waals surface area contributed by atoms with Crippen LogP contribution in [0.5, 0.6) is 11.5 Å². The van der Waals surface area contributed by atoms with Crippen molar-refractivity contribution in [3.8, 4) is 11.5 Å². The van der Waals surface area contributed by atoms with E-state index in [0.29, 0.717) is 34.5 Å². The van der Waals surface area contributed by atoms with Crippen LogP contribution in [0.2, 0.25) is 0 Å². The van der Waals surface area contributed by atoms with Crippen LogP contribution in [0.4, 0.5) is 5.69 Å². The molecule has 2 aliphatic heterocycles. The van der Waals surface area contributed by atoms with Gasteiger partial charge in [-0.3, -0.25) is 0 Å². The molecule has 0 bridgehead atoms. The Labute approximate surface area is 182 Å². The number of nitrogens with zero attached hydrogens (tertiary/aromatic N) is 1. The van der Waals surface area contributed by atoms with Crippen molar-refractivity contribution in [1.82, 2.24) is 0 Å². The summed E-state index contributed by atoms with van der Waals surface area (Å²) in [6.45, 7) is 7.81. The zero-order chi connectivity index (χ0) is 21.4. The van der Waals surface area contributed by atoms with Gasteiger partial charge >= 0.3 is 0 Å². The summed E-state index contributed by atoms with van der Waals surface area (Å²) < 4.78 is 38.8. The van der Waals surface area contributed by atoms with Crippen molar-refractivity contribution >= 4 is 26.4 Å². The van der Waals surface area contributed by atoms with Gasteiger partial charge in [0.25, 0.3) is 0 Å². The lowest BCUT2D eigenvalue weighted by Crippen LogP contribution is -3.14. The Morgan fingerprint density at radius 3 is 2.39 bits per heavy atom. The summed E-state index contributed by atoms with van der Waals surface area (Å²) in [6, 6.07) is 12.4. The van der Waals surface area contributed by atoms with Crippen molar-refractivity contribution in [3.63, 3.8) is 0 Å². The van der Waals surface area contributed by atoms with Gasteiger partial charge in [0, 0.05) is 6.07 Å². The van der Waals surface area contributed by atoms with Crippen LogP contribution in [0.3, 0.4) is 0 Å². The zero-order valence-corrected chi connectivity index (χ0v) is 18.4. The number of H-pyrrole nitrogens is 1.